The van der Waals surface area contributed by atoms with Gasteiger partial charge in [0.2, 0.25) is 5.52 Å². The molecule has 0 bridgehead atoms. The van der Waals surface area contributed by atoms with Crippen LogP contribution in [-0.2, 0) is 0 Å². The Kier molecular flexibility index (Phi) is 4.57. The Bertz CT molecular complexity index is 839. The smallest absolute Gasteiger partial charge is 0.332 e. The van der Waals surface area contributed by atoms with Crippen LogP contribution in [0.3, 0.4) is 0 Å². The second-order valence-electron chi connectivity index (χ2n) is 6.50. The van der Waals surface area contributed by atoms with Crippen LogP contribution in [0.25, 0.3) is 22.4 Å². The predicted octanol–water partition coefficient (Wildman–Crippen LogP) is 2.86. The Hall–Kier alpha value is -2.53. The van der Waals surface area contributed by atoms with E-state index in [1.165, 1.54) is 19.3 Å². The zero-order chi connectivity index (χ0) is 17.1. The summed E-state index contributed by atoms with van der Waals surface area (Å²) in [5.41, 5.74) is 2.28. The third-order valence-corrected chi connectivity index (χ3v) is 4.81. The number of nitrogens with zero attached hydrogens (tertiary/aromatic N) is 3. The molecule has 130 valence electrons. The normalized spacial score (nSPS) is 15.5. The zero-order valence-electron chi connectivity index (χ0n) is 14.3. The summed E-state index contributed by atoms with van der Waals surface area (Å²) in [6.07, 6.45) is 3.86. The number of piperidine rings is 1. The van der Waals surface area contributed by atoms with Crippen LogP contribution in [0, 0.1) is 5.21 Å². The molecule has 2 aromatic carbocycles. The minimum absolute atomic E-state index is 0.528. The van der Waals surface area contributed by atoms with Gasteiger partial charge in [-0.25, -0.2) is 4.73 Å². The van der Waals surface area contributed by atoms with Gasteiger partial charge >= 0.3 is 5.82 Å². The molecule has 25 heavy (non-hydrogen) atoms. The van der Waals surface area contributed by atoms with Gasteiger partial charge in [0.1, 0.15) is 0 Å². The number of para-hydroxylation sites is 2. The summed E-state index contributed by atoms with van der Waals surface area (Å²) in [6, 6.07) is 17.3. The predicted molar refractivity (Wildman–Crippen MR) is 98.1 cm³/mol. The van der Waals surface area contributed by atoms with Crippen LogP contribution in [0.2, 0.25) is 0 Å². The maximum atomic E-state index is 12.8. The molecule has 1 saturated heterocycles. The van der Waals surface area contributed by atoms with E-state index in [4.69, 9.17) is 4.84 Å². The number of imidazole rings is 1. The number of fused-ring (bicyclic) bond motifs is 1. The monoisotopic (exact) mass is 337 g/mol. The SMILES string of the molecule is [O-][n+]1c(-c2ccccc2)n(OCCN2CCCCC2)c2ccccc21. The fraction of sp³-hybridized carbons (Fsp3) is 0.350. The molecular formula is C20H23N3O2. The summed E-state index contributed by atoms with van der Waals surface area (Å²) >= 11 is 0. The molecule has 0 N–H and O–H groups in total. The molecule has 5 nitrogen and oxygen atoms in total. The molecule has 1 aliphatic heterocycles. The maximum absolute atomic E-state index is 12.8. The van der Waals surface area contributed by atoms with E-state index in [0.29, 0.717) is 17.9 Å². The molecule has 1 fully saturated rings. The first-order valence-corrected chi connectivity index (χ1v) is 8.98. The molecule has 0 unspecified atom stereocenters. The van der Waals surface area contributed by atoms with Gasteiger partial charge in [-0.2, -0.15) is 0 Å². The molecule has 1 aliphatic rings. The number of rotatable bonds is 5. The molecule has 0 aliphatic carbocycles. The second kappa shape index (κ2) is 7.15. The minimum atomic E-state index is 0.528. The summed E-state index contributed by atoms with van der Waals surface area (Å²) in [7, 11) is 0. The van der Waals surface area contributed by atoms with Crippen LogP contribution in [-0.4, -0.2) is 35.9 Å². The minimum Gasteiger partial charge on any atom is -0.710 e. The van der Waals surface area contributed by atoms with E-state index in [9.17, 15) is 5.21 Å². The molecule has 4 rings (SSSR count). The van der Waals surface area contributed by atoms with Gasteiger partial charge in [-0.3, -0.25) is 4.90 Å². The van der Waals surface area contributed by atoms with Crippen molar-refractivity contribution >= 4 is 11.0 Å². The topological polar surface area (TPSA) is 44.3 Å². The van der Waals surface area contributed by atoms with E-state index in [2.05, 4.69) is 4.90 Å². The van der Waals surface area contributed by atoms with Crippen molar-refractivity contribution in [1.82, 2.24) is 9.63 Å². The van der Waals surface area contributed by atoms with E-state index in [-0.39, 0.29) is 0 Å². The molecule has 0 saturated carbocycles. The highest BCUT2D eigenvalue weighted by molar-refractivity contribution is 5.75. The summed E-state index contributed by atoms with van der Waals surface area (Å²) in [4.78, 5) is 8.52. The lowest BCUT2D eigenvalue weighted by atomic mass is 10.1. The lowest BCUT2D eigenvalue weighted by molar-refractivity contribution is -0.567. The highest BCUT2D eigenvalue weighted by Crippen LogP contribution is 2.21. The molecule has 1 aromatic heterocycles. The number of benzene rings is 2. The van der Waals surface area contributed by atoms with Crippen molar-refractivity contribution in [2.24, 2.45) is 0 Å². The van der Waals surface area contributed by atoms with Crippen LogP contribution >= 0.6 is 0 Å². The van der Waals surface area contributed by atoms with Crippen molar-refractivity contribution in [3.05, 3.63) is 59.8 Å². The number of aromatic nitrogens is 2. The van der Waals surface area contributed by atoms with Gasteiger partial charge in [0.15, 0.2) is 12.1 Å². The lowest BCUT2D eigenvalue weighted by Crippen LogP contribution is -2.35. The van der Waals surface area contributed by atoms with Gasteiger partial charge < -0.3 is 10.0 Å². The number of likely N-dealkylation sites (tertiary alicyclic amines) is 1. The Balaban J connectivity index is 1.64. The Labute approximate surface area is 147 Å². The fourth-order valence-electron chi connectivity index (χ4n) is 3.51. The molecule has 0 spiro atoms. The summed E-state index contributed by atoms with van der Waals surface area (Å²) in [5, 5.41) is 12.8. The van der Waals surface area contributed by atoms with Gasteiger partial charge in [0.05, 0.1) is 5.56 Å². The maximum Gasteiger partial charge on any atom is 0.332 e. The van der Waals surface area contributed by atoms with E-state index < -0.39 is 0 Å². The van der Waals surface area contributed by atoms with Crippen molar-refractivity contribution < 1.29 is 9.57 Å². The Morgan fingerprint density at radius 2 is 1.64 bits per heavy atom. The first-order chi connectivity index (χ1) is 12.3. The van der Waals surface area contributed by atoms with Crippen LogP contribution in [0.15, 0.2) is 54.6 Å². The highest BCUT2D eigenvalue weighted by atomic mass is 16.7. The van der Waals surface area contributed by atoms with E-state index >= 15 is 0 Å². The average molecular weight is 337 g/mol. The van der Waals surface area contributed by atoms with Crippen LogP contribution in [0.4, 0.5) is 0 Å². The standard InChI is InChI=1S/C20H23N3O2/c24-22-18-11-5-6-12-19(18)23(20(22)17-9-3-1-4-10-17)25-16-15-21-13-7-2-8-14-21/h1,3-6,9-12H,2,7-8,13-16H2. The van der Waals surface area contributed by atoms with Gasteiger partial charge in [-0.15, -0.1) is 0 Å². The third-order valence-electron chi connectivity index (χ3n) is 4.81. The van der Waals surface area contributed by atoms with Crippen molar-refractivity contribution in [2.45, 2.75) is 19.3 Å². The van der Waals surface area contributed by atoms with E-state index in [1.54, 1.807) is 4.73 Å². The highest BCUT2D eigenvalue weighted by Gasteiger charge is 2.24. The van der Waals surface area contributed by atoms with Crippen LogP contribution in [0.1, 0.15) is 19.3 Å². The Morgan fingerprint density at radius 1 is 0.920 bits per heavy atom. The van der Waals surface area contributed by atoms with Gasteiger partial charge in [-0.1, -0.05) is 36.8 Å². The molecule has 5 heteroatoms. The zero-order valence-corrected chi connectivity index (χ0v) is 14.3. The molecule has 0 atom stereocenters. The van der Waals surface area contributed by atoms with Gasteiger partial charge in [0, 0.05) is 6.54 Å². The van der Waals surface area contributed by atoms with Gasteiger partial charge in [-0.05, 0) is 54.9 Å². The van der Waals surface area contributed by atoms with Crippen molar-refractivity contribution in [1.29, 1.82) is 0 Å². The van der Waals surface area contributed by atoms with Crippen molar-refractivity contribution in [2.75, 3.05) is 26.2 Å². The molecule has 0 radical (unpaired) electrons. The molecular weight excluding hydrogens is 314 g/mol. The van der Waals surface area contributed by atoms with Crippen molar-refractivity contribution in [3.8, 4) is 11.4 Å². The summed E-state index contributed by atoms with van der Waals surface area (Å²) in [5.74, 6) is 0.528. The first kappa shape index (κ1) is 16.0. The number of hydrogen-bond acceptors (Lipinski definition) is 3. The van der Waals surface area contributed by atoms with Crippen molar-refractivity contribution in [3.63, 3.8) is 0 Å². The molecule has 0 amide bonds. The fourth-order valence-corrected chi connectivity index (χ4v) is 3.51. The summed E-state index contributed by atoms with van der Waals surface area (Å²) in [6.45, 7) is 3.74. The quantitative estimate of drug-likeness (QED) is 0.531. The third kappa shape index (κ3) is 3.20. The number of hydrogen-bond donors (Lipinski definition) is 0. The Morgan fingerprint density at radius 3 is 2.44 bits per heavy atom. The van der Waals surface area contributed by atoms with E-state index in [0.717, 1.165) is 35.4 Å². The van der Waals surface area contributed by atoms with Crippen LogP contribution in [0.5, 0.6) is 0 Å². The summed E-state index contributed by atoms with van der Waals surface area (Å²) < 4.78 is 2.66. The lowest BCUT2D eigenvalue weighted by Gasteiger charge is -2.25. The van der Waals surface area contributed by atoms with Gasteiger partial charge in [0.25, 0.3) is 0 Å². The molecule has 3 aromatic rings. The molecule has 2 heterocycles. The first-order valence-electron chi connectivity index (χ1n) is 8.98. The largest absolute Gasteiger partial charge is 0.710 e. The van der Waals surface area contributed by atoms with Crippen LogP contribution < -0.4 is 9.57 Å². The van der Waals surface area contributed by atoms with E-state index in [1.807, 2.05) is 54.6 Å². The second-order valence-corrected chi connectivity index (χ2v) is 6.50. The average Bonchev–Trinajstić information content (AvgIpc) is 2.96.